The van der Waals surface area contributed by atoms with Crippen molar-refractivity contribution in [2.45, 2.75) is 25.8 Å². The van der Waals surface area contributed by atoms with Gasteiger partial charge in [0, 0.05) is 18.8 Å². The second-order valence-corrected chi connectivity index (χ2v) is 4.16. The fraction of sp³-hybridized carbons (Fsp3) is 0.636. The molecule has 1 aromatic heterocycles. The van der Waals surface area contributed by atoms with Crippen molar-refractivity contribution in [3.05, 3.63) is 18.3 Å². The highest BCUT2D eigenvalue weighted by atomic mass is 15.2. The fourth-order valence-electron chi connectivity index (χ4n) is 2.03. The molecule has 1 saturated heterocycles. The molecule has 0 radical (unpaired) electrons. The summed E-state index contributed by atoms with van der Waals surface area (Å²) in [6.07, 6.45) is 4.38. The lowest BCUT2D eigenvalue weighted by Crippen LogP contribution is -2.33. The van der Waals surface area contributed by atoms with Crippen LogP contribution in [0.3, 0.4) is 0 Å². The first-order valence-corrected chi connectivity index (χ1v) is 5.61. The zero-order chi connectivity index (χ0) is 10.5. The molecule has 0 aromatic carbocycles. The number of rotatable bonds is 4. The molecule has 82 valence electrons. The zero-order valence-corrected chi connectivity index (χ0v) is 9.19. The highest BCUT2D eigenvalue weighted by molar-refractivity contribution is 5.32. The van der Waals surface area contributed by atoms with E-state index in [9.17, 15) is 0 Å². The first-order valence-electron chi connectivity index (χ1n) is 5.61. The molecule has 0 aliphatic carbocycles. The maximum atomic E-state index is 4.01. The number of anilines is 1. The summed E-state index contributed by atoms with van der Waals surface area (Å²) in [7, 11) is 0. The third-order valence-corrected chi connectivity index (χ3v) is 2.70. The average molecular weight is 206 g/mol. The summed E-state index contributed by atoms with van der Waals surface area (Å²) in [4.78, 5) is 2.49. The van der Waals surface area contributed by atoms with Gasteiger partial charge in [0.25, 0.3) is 0 Å². The smallest absolute Gasteiger partial charge is 0.148 e. The van der Waals surface area contributed by atoms with Gasteiger partial charge in [0.15, 0.2) is 0 Å². The minimum absolute atomic E-state index is 0.430. The third kappa shape index (κ3) is 3.16. The molecule has 0 bridgehead atoms. The third-order valence-electron chi connectivity index (χ3n) is 2.70. The van der Waals surface area contributed by atoms with Crippen molar-refractivity contribution < 1.29 is 0 Å². The highest BCUT2D eigenvalue weighted by Gasteiger charge is 2.14. The summed E-state index contributed by atoms with van der Waals surface area (Å²) >= 11 is 0. The van der Waals surface area contributed by atoms with E-state index in [4.69, 9.17) is 0 Å². The Morgan fingerprint density at radius 2 is 2.27 bits per heavy atom. The summed E-state index contributed by atoms with van der Waals surface area (Å²) in [6, 6.07) is 4.28. The van der Waals surface area contributed by atoms with Crippen molar-refractivity contribution in [2.75, 3.05) is 25.0 Å². The lowest BCUT2D eigenvalue weighted by Gasteiger charge is -2.21. The number of hydrogen-bond acceptors (Lipinski definition) is 4. The van der Waals surface area contributed by atoms with Gasteiger partial charge in [-0.05, 0) is 45.0 Å². The maximum Gasteiger partial charge on any atom is 0.148 e. The molecule has 2 rings (SSSR count). The zero-order valence-electron chi connectivity index (χ0n) is 9.19. The van der Waals surface area contributed by atoms with Crippen molar-refractivity contribution in [3.8, 4) is 0 Å². The summed E-state index contributed by atoms with van der Waals surface area (Å²) < 4.78 is 0. The van der Waals surface area contributed by atoms with Crippen LogP contribution in [0.5, 0.6) is 0 Å². The van der Waals surface area contributed by atoms with Crippen LogP contribution in [0.25, 0.3) is 0 Å². The van der Waals surface area contributed by atoms with Crippen LogP contribution in [0.2, 0.25) is 0 Å². The Hall–Kier alpha value is -1.16. The van der Waals surface area contributed by atoms with Crippen molar-refractivity contribution in [2.24, 2.45) is 0 Å². The summed E-state index contributed by atoms with van der Waals surface area (Å²) in [5, 5.41) is 11.2. The van der Waals surface area contributed by atoms with E-state index in [1.165, 1.54) is 25.9 Å². The van der Waals surface area contributed by atoms with Crippen molar-refractivity contribution >= 4 is 5.82 Å². The lowest BCUT2D eigenvalue weighted by molar-refractivity contribution is 0.327. The van der Waals surface area contributed by atoms with E-state index in [0.717, 1.165) is 12.4 Å². The van der Waals surface area contributed by atoms with Gasteiger partial charge in [-0.3, -0.25) is 0 Å². The van der Waals surface area contributed by atoms with Gasteiger partial charge in [0.2, 0.25) is 0 Å². The largest absolute Gasteiger partial charge is 0.365 e. The molecule has 0 saturated carbocycles. The molecule has 2 heterocycles. The van der Waals surface area contributed by atoms with Crippen LogP contribution in [0.15, 0.2) is 18.3 Å². The number of hydrogen-bond donors (Lipinski definition) is 1. The molecule has 4 nitrogen and oxygen atoms in total. The Kier molecular flexibility index (Phi) is 3.50. The number of aromatic nitrogens is 2. The van der Waals surface area contributed by atoms with Gasteiger partial charge in [-0.2, -0.15) is 5.10 Å². The average Bonchev–Trinajstić information content (AvgIpc) is 2.71. The van der Waals surface area contributed by atoms with Gasteiger partial charge in [-0.15, -0.1) is 5.10 Å². The fourth-order valence-corrected chi connectivity index (χ4v) is 2.03. The molecule has 15 heavy (non-hydrogen) atoms. The van der Waals surface area contributed by atoms with Gasteiger partial charge < -0.3 is 10.2 Å². The van der Waals surface area contributed by atoms with E-state index in [-0.39, 0.29) is 0 Å². The number of nitrogens with zero attached hydrogens (tertiary/aromatic N) is 3. The van der Waals surface area contributed by atoms with Gasteiger partial charge in [0.1, 0.15) is 5.82 Å². The molecule has 1 aromatic rings. The molecule has 1 unspecified atom stereocenters. The molecule has 1 fully saturated rings. The van der Waals surface area contributed by atoms with E-state index >= 15 is 0 Å². The molecule has 0 amide bonds. The van der Waals surface area contributed by atoms with Crippen LogP contribution in [0.1, 0.15) is 19.8 Å². The van der Waals surface area contributed by atoms with Crippen molar-refractivity contribution in [1.82, 2.24) is 15.1 Å². The molecule has 1 aliphatic heterocycles. The molecular weight excluding hydrogens is 188 g/mol. The van der Waals surface area contributed by atoms with Gasteiger partial charge >= 0.3 is 0 Å². The Balaban J connectivity index is 1.79. The molecule has 0 spiro atoms. The second-order valence-electron chi connectivity index (χ2n) is 4.16. The topological polar surface area (TPSA) is 41.0 Å². The van der Waals surface area contributed by atoms with Gasteiger partial charge in [-0.25, -0.2) is 0 Å². The van der Waals surface area contributed by atoms with E-state index in [2.05, 4.69) is 27.3 Å². The monoisotopic (exact) mass is 206 g/mol. The minimum atomic E-state index is 0.430. The van der Waals surface area contributed by atoms with Crippen LogP contribution in [0.4, 0.5) is 5.82 Å². The standard InChI is InChI=1S/C11H18N4/c1-10(9-15-7-2-3-8-15)13-11-5-4-6-12-14-11/h4-6,10H,2-3,7-9H2,1H3,(H,13,14). The quantitative estimate of drug-likeness (QED) is 0.808. The predicted molar refractivity (Wildman–Crippen MR) is 60.8 cm³/mol. The van der Waals surface area contributed by atoms with E-state index in [0.29, 0.717) is 6.04 Å². The molecule has 1 aliphatic rings. The van der Waals surface area contributed by atoms with E-state index in [1.54, 1.807) is 6.20 Å². The Bertz CT molecular complexity index is 282. The predicted octanol–water partition coefficient (Wildman–Crippen LogP) is 1.37. The van der Waals surface area contributed by atoms with E-state index in [1.807, 2.05) is 12.1 Å². The van der Waals surface area contributed by atoms with Crippen LogP contribution in [-0.2, 0) is 0 Å². The van der Waals surface area contributed by atoms with Crippen LogP contribution in [0, 0.1) is 0 Å². The van der Waals surface area contributed by atoms with Crippen molar-refractivity contribution in [1.29, 1.82) is 0 Å². The van der Waals surface area contributed by atoms with Crippen LogP contribution < -0.4 is 5.32 Å². The molecule has 1 N–H and O–H groups in total. The Morgan fingerprint density at radius 3 is 2.93 bits per heavy atom. The summed E-state index contributed by atoms with van der Waals surface area (Å²) in [5.74, 6) is 0.865. The normalized spacial score (nSPS) is 19.0. The Morgan fingerprint density at radius 1 is 1.47 bits per heavy atom. The highest BCUT2D eigenvalue weighted by Crippen LogP contribution is 2.09. The number of nitrogens with one attached hydrogen (secondary N) is 1. The lowest BCUT2D eigenvalue weighted by atomic mass is 10.3. The maximum absolute atomic E-state index is 4.01. The first-order chi connectivity index (χ1) is 7.34. The van der Waals surface area contributed by atoms with E-state index < -0.39 is 0 Å². The summed E-state index contributed by atoms with van der Waals surface area (Å²) in [5.41, 5.74) is 0. The second kappa shape index (κ2) is 5.07. The first kappa shape index (κ1) is 10.4. The SMILES string of the molecule is CC(CN1CCCC1)Nc1cccnn1. The minimum Gasteiger partial charge on any atom is -0.365 e. The van der Waals surface area contributed by atoms with Gasteiger partial charge in [-0.1, -0.05) is 0 Å². The Labute approximate surface area is 90.7 Å². The van der Waals surface area contributed by atoms with Crippen molar-refractivity contribution in [3.63, 3.8) is 0 Å². The molecule has 4 heteroatoms. The molecular formula is C11H18N4. The van der Waals surface area contributed by atoms with Gasteiger partial charge in [0.05, 0.1) is 0 Å². The van der Waals surface area contributed by atoms with Crippen LogP contribution >= 0.6 is 0 Å². The van der Waals surface area contributed by atoms with Crippen LogP contribution in [-0.4, -0.2) is 40.8 Å². The summed E-state index contributed by atoms with van der Waals surface area (Å²) in [6.45, 7) is 5.77. The molecule has 1 atom stereocenters. The number of likely N-dealkylation sites (tertiary alicyclic amines) is 1.